The Morgan fingerprint density at radius 3 is 2.35 bits per heavy atom. The van der Waals surface area contributed by atoms with Crippen LogP contribution in [0.2, 0.25) is 0 Å². The zero-order valence-electron chi connectivity index (χ0n) is 10.3. The van der Waals surface area contributed by atoms with Crippen LogP contribution in [0.1, 0.15) is 38.5 Å². The number of amides is 1. The summed E-state index contributed by atoms with van der Waals surface area (Å²) >= 11 is 0. The Labute approximate surface area is 102 Å². The normalized spacial score (nSPS) is 41.6. The molecule has 0 aromatic heterocycles. The molecule has 3 fully saturated rings. The summed E-state index contributed by atoms with van der Waals surface area (Å²) in [5, 5.41) is 0. The van der Waals surface area contributed by atoms with E-state index in [0.717, 1.165) is 45.2 Å². The van der Waals surface area contributed by atoms with E-state index in [2.05, 4.69) is 0 Å². The molecular weight excluding hydrogens is 216 g/mol. The number of fused-ring (bicyclic) bond motifs is 2. The highest BCUT2D eigenvalue weighted by Gasteiger charge is 2.39. The van der Waals surface area contributed by atoms with E-state index in [4.69, 9.17) is 10.5 Å². The predicted molar refractivity (Wildman–Crippen MR) is 64.4 cm³/mol. The molecule has 0 aromatic rings. The third kappa shape index (κ3) is 2.20. The van der Waals surface area contributed by atoms with Crippen LogP contribution in [-0.2, 0) is 9.53 Å². The standard InChI is InChI=1S/C13H22N2O2/c14-12-4-2-1-3-11(12)13(16)15-7-9-5-6-10(8-15)17-9/h9-12H,1-8,14H2. The van der Waals surface area contributed by atoms with E-state index < -0.39 is 0 Å². The Morgan fingerprint density at radius 2 is 1.71 bits per heavy atom. The van der Waals surface area contributed by atoms with E-state index in [1.807, 2.05) is 4.90 Å². The van der Waals surface area contributed by atoms with E-state index in [-0.39, 0.29) is 30.1 Å². The van der Waals surface area contributed by atoms with E-state index in [9.17, 15) is 4.79 Å². The first-order valence-electron chi connectivity index (χ1n) is 6.94. The van der Waals surface area contributed by atoms with E-state index in [0.29, 0.717) is 0 Å². The zero-order valence-corrected chi connectivity index (χ0v) is 10.3. The monoisotopic (exact) mass is 238 g/mol. The van der Waals surface area contributed by atoms with E-state index in [1.165, 1.54) is 6.42 Å². The average molecular weight is 238 g/mol. The number of morpholine rings is 1. The molecule has 2 saturated heterocycles. The SMILES string of the molecule is NC1CCCCC1C(=O)N1CC2CCC(C1)O2. The fourth-order valence-corrected chi connectivity index (χ4v) is 3.50. The molecule has 2 N–H and O–H groups in total. The molecule has 4 atom stereocenters. The lowest BCUT2D eigenvalue weighted by atomic mass is 9.84. The van der Waals surface area contributed by atoms with Crippen molar-refractivity contribution in [2.45, 2.75) is 56.8 Å². The summed E-state index contributed by atoms with van der Waals surface area (Å²) in [4.78, 5) is 14.5. The van der Waals surface area contributed by atoms with E-state index >= 15 is 0 Å². The summed E-state index contributed by atoms with van der Waals surface area (Å²) in [6.07, 6.45) is 7.13. The molecule has 4 unspecified atom stereocenters. The summed E-state index contributed by atoms with van der Waals surface area (Å²) in [5.74, 6) is 0.360. The first kappa shape index (κ1) is 11.5. The lowest BCUT2D eigenvalue weighted by molar-refractivity contribution is -0.145. The Kier molecular flexibility index (Phi) is 3.09. The molecule has 2 bridgehead atoms. The van der Waals surface area contributed by atoms with Crippen LogP contribution in [0.15, 0.2) is 0 Å². The number of carbonyl (C=O) groups is 1. The highest BCUT2D eigenvalue weighted by atomic mass is 16.5. The van der Waals surface area contributed by atoms with Crippen LogP contribution in [-0.4, -0.2) is 42.1 Å². The number of carbonyl (C=O) groups excluding carboxylic acids is 1. The van der Waals surface area contributed by atoms with Crippen LogP contribution in [0.3, 0.4) is 0 Å². The van der Waals surface area contributed by atoms with Gasteiger partial charge in [-0.25, -0.2) is 0 Å². The second-order valence-electron chi connectivity index (χ2n) is 5.76. The maximum absolute atomic E-state index is 12.5. The van der Waals surface area contributed by atoms with Gasteiger partial charge in [-0.05, 0) is 25.7 Å². The minimum atomic E-state index is 0.0706. The third-order valence-corrected chi connectivity index (χ3v) is 4.49. The molecular formula is C13H22N2O2. The Morgan fingerprint density at radius 1 is 1.06 bits per heavy atom. The number of nitrogens with zero attached hydrogens (tertiary/aromatic N) is 1. The van der Waals surface area contributed by atoms with Gasteiger partial charge in [0.25, 0.3) is 0 Å². The molecule has 3 aliphatic rings. The molecule has 3 rings (SSSR count). The fraction of sp³-hybridized carbons (Fsp3) is 0.923. The molecule has 0 aromatic carbocycles. The molecule has 2 heterocycles. The van der Waals surface area contributed by atoms with Crippen molar-refractivity contribution in [3.63, 3.8) is 0 Å². The average Bonchev–Trinajstić information content (AvgIpc) is 2.68. The van der Waals surface area contributed by atoms with Crippen LogP contribution in [0, 0.1) is 5.92 Å². The maximum atomic E-state index is 12.5. The summed E-state index contributed by atoms with van der Waals surface area (Å²) in [6, 6.07) is 0.0803. The number of hydrogen-bond acceptors (Lipinski definition) is 3. The molecule has 17 heavy (non-hydrogen) atoms. The predicted octanol–water partition coefficient (Wildman–Crippen LogP) is 0.894. The molecule has 1 aliphatic carbocycles. The highest BCUT2D eigenvalue weighted by molar-refractivity contribution is 5.80. The van der Waals surface area contributed by atoms with Crippen LogP contribution >= 0.6 is 0 Å². The Bertz CT molecular complexity index is 296. The van der Waals surface area contributed by atoms with Gasteiger partial charge in [-0.2, -0.15) is 0 Å². The maximum Gasteiger partial charge on any atom is 0.227 e. The molecule has 4 nitrogen and oxygen atoms in total. The quantitative estimate of drug-likeness (QED) is 0.738. The minimum Gasteiger partial charge on any atom is -0.371 e. The van der Waals surface area contributed by atoms with Gasteiger partial charge in [0.15, 0.2) is 0 Å². The fourth-order valence-electron chi connectivity index (χ4n) is 3.50. The number of ether oxygens (including phenoxy) is 1. The largest absolute Gasteiger partial charge is 0.371 e. The molecule has 4 heteroatoms. The van der Waals surface area contributed by atoms with Crippen LogP contribution in [0.5, 0.6) is 0 Å². The van der Waals surface area contributed by atoms with Gasteiger partial charge in [0.1, 0.15) is 0 Å². The van der Waals surface area contributed by atoms with Gasteiger partial charge in [0.05, 0.1) is 18.1 Å². The van der Waals surface area contributed by atoms with Crippen LogP contribution in [0.4, 0.5) is 0 Å². The smallest absolute Gasteiger partial charge is 0.227 e. The first-order valence-corrected chi connectivity index (χ1v) is 6.94. The van der Waals surface area contributed by atoms with Crippen molar-refractivity contribution in [3.8, 4) is 0 Å². The van der Waals surface area contributed by atoms with Crippen molar-refractivity contribution >= 4 is 5.91 Å². The third-order valence-electron chi connectivity index (χ3n) is 4.49. The molecule has 0 spiro atoms. The van der Waals surface area contributed by atoms with Crippen molar-refractivity contribution in [2.24, 2.45) is 11.7 Å². The molecule has 96 valence electrons. The highest BCUT2D eigenvalue weighted by Crippen LogP contribution is 2.30. The topological polar surface area (TPSA) is 55.6 Å². The number of rotatable bonds is 1. The van der Waals surface area contributed by atoms with Gasteiger partial charge in [-0.1, -0.05) is 12.8 Å². The van der Waals surface area contributed by atoms with Crippen LogP contribution < -0.4 is 5.73 Å². The van der Waals surface area contributed by atoms with Gasteiger partial charge in [0.2, 0.25) is 5.91 Å². The van der Waals surface area contributed by atoms with Gasteiger partial charge in [-0.15, -0.1) is 0 Å². The van der Waals surface area contributed by atoms with Crippen molar-refractivity contribution < 1.29 is 9.53 Å². The second-order valence-corrected chi connectivity index (χ2v) is 5.76. The second kappa shape index (κ2) is 4.58. The van der Waals surface area contributed by atoms with Crippen molar-refractivity contribution in [3.05, 3.63) is 0 Å². The molecule has 0 radical (unpaired) electrons. The zero-order chi connectivity index (χ0) is 11.8. The molecule has 2 aliphatic heterocycles. The first-order chi connectivity index (χ1) is 8.24. The number of likely N-dealkylation sites (tertiary alicyclic amines) is 1. The number of nitrogens with two attached hydrogens (primary N) is 1. The molecule has 1 saturated carbocycles. The van der Waals surface area contributed by atoms with Crippen molar-refractivity contribution in [1.82, 2.24) is 4.90 Å². The van der Waals surface area contributed by atoms with Gasteiger partial charge in [0, 0.05) is 19.1 Å². The minimum absolute atomic E-state index is 0.0706. The summed E-state index contributed by atoms with van der Waals surface area (Å²) in [5.41, 5.74) is 6.09. The van der Waals surface area contributed by atoms with Gasteiger partial charge in [-0.3, -0.25) is 4.79 Å². The van der Waals surface area contributed by atoms with E-state index in [1.54, 1.807) is 0 Å². The molecule has 1 amide bonds. The number of hydrogen-bond donors (Lipinski definition) is 1. The van der Waals surface area contributed by atoms with Gasteiger partial charge >= 0.3 is 0 Å². The summed E-state index contributed by atoms with van der Waals surface area (Å²) in [7, 11) is 0. The Hall–Kier alpha value is -0.610. The lowest BCUT2D eigenvalue weighted by Gasteiger charge is -2.37. The van der Waals surface area contributed by atoms with Crippen molar-refractivity contribution in [1.29, 1.82) is 0 Å². The lowest BCUT2D eigenvalue weighted by Crippen LogP contribution is -2.51. The summed E-state index contributed by atoms with van der Waals surface area (Å²) in [6.45, 7) is 1.58. The van der Waals surface area contributed by atoms with Gasteiger partial charge < -0.3 is 15.4 Å². The Balaban J connectivity index is 1.65. The summed E-state index contributed by atoms with van der Waals surface area (Å²) < 4.78 is 5.77. The van der Waals surface area contributed by atoms with Crippen molar-refractivity contribution in [2.75, 3.05) is 13.1 Å². The van der Waals surface area contributed by atoms with Crippen LogP contribution in [0.25, 0.3) is 0 Å².